The molecule has 0 saturated carbocycles. The fraction of sp³-hybridized carbons (Fsp3) is 0.333. The van der Waals surface area contributed by atoms with Gasteiger partial charge < -0.3 is 10.4 Å². The molecule has 1 aromatic carbocycles. The number of hydrogen-bond acceptors (Lipinski definition) is 2. The van der Waals surface area contributed by atoms with Gasteiger partial charge in [-0.2, -0.15) is 0 Å². The van der Waals surface area contributed by atoms with Gasteiger partial charge in [-0.25, -0.2) is 26.7 Å². The third-order valence-corrected chi connectivity index (χ3v) is 2.66. The van der Waals surface area contributed by atoms with Crippen LogP contribution in [-0.4, -0.2) is 23.0 Å². The standard InChI is InChI=1S/C12H10F5NO3/c1-3(2)10(12(20)21)18-11(19)4-5(13)7(15)9(17)8(16)6(4)14/h3,10H,1-2H3,(H,18,19)(H,20,21)/t10-/m1/s1. The van der Waals surface area contributed by atoms with E-state index >= 15 is 0 Å². The molecule has 0 aromatic heterocycles. The number of carboxylic acid groups (broad SMARTS) is 1. The first-order valence-corrected chi connectivity index (χ1v) is 5.64. The van der Waals surface area contributed by atoms with E-state index in [0.717, 1.165) is 0 Å². The molecule has 1 amide bonds. The molecule has 2 N–H and O–H groups in total. The molecule has 1 rings (SSSR count). The summed E-state index contributed by atoms with van der Waals surface area (Å²) in [5.41, 5.74) is -1.72. The minimum Gasteiger partial charge on any atom is -0.480 e. The summed E-state index contributed by atoms with van der Waals surface area (Å²) in [5, 5.41) is 10.5. The molecular weight excluding hydrogens is 301 g/mol. The van der Waals surface area contributed by atoms with Crippen LogP contribution in [-0.2, 0) is 4.79 Å². The van der Waals surface area contributed by atoms with E-state index in [1.807, 2.05) is 0 Å². The van der Waals surface area contributed by atoms with Gasteiger partial charge in [0.25, 0.3) is 5.91 Å². The topological polar surface area (TPSA) is 66.4 Å². The highest BCUT2D eigenvalue weighted by molar-refractivity contribution is 5.97. The summed E-state index contributed by atoms with van der Waals surface area (Å²) < 4.78 is 65.5. The van der Waals surface area contributed by atoms with E-state index in [1.54, 1.807) is 5.32 Å². The van der Waals surface area contributed by atoms with Crippen molar-refractivity contribution >= 4 is 11.9 Å². The Balaban J connectivity index is 3.29. The average molecular weight is 311 g/mol. The number of rotatable bonds is 4. The molecule has 21 heavy (non-hydrogen) atoms. The number of aliphatic carboxylic acids is 1. The number of hydrogen-bond donors (Lipinski definition) is 2. The number of nitrogens with one attached hydrogen (secondary N) is 1. The number of carbonyl (C=O) groups excluding carboxylic acids is 1. The smallest absolute Gasteiger partial charge is 0.326 e. The number of halogens is 5. The lowest BCUT2D eigenvalue weighted by Crippen LogP contribution is -2.45. The predicted octanol–water partition coefficient (Wildman–Crippen LogP) is 2.22. The van der Waals surface area contributed by atoms with Gasteiger partial charge in [-0.15, -0.1) is 0 Å². The van der Waals surface area contributed by atoms with E-state index in [0.29, 0.717) is 0 Å². The van der Waals surface area contributed by atoms with Crippen LogP contribution in [0.1, 0.15) is 24.2 Å². The highest BCUT2D eigenvalue weighted by Gasteiger charge is 2.32. The second-order valence-electron chi connectivity index (χ2n) is 4.48. The van der Waals surface area contributed by atoms with E-state index in [1.165, 1.54) is 13.8 Å². The molecule has 0 unspecified atom stereocenters. The molecule has 0 saturated heterocycles. The van der Waals surface area contributed by atoms with E-state index in [4.69, 9.17) is 5.11 Å². The molecule has 0 fully saturated rings. The highest BCUT2D eigenvalue weighted by atomic mass is 19.2. The maximum Gasteiger partial charge on any atom is 0.326 e. The first-order chi connectivity index (χ1) is 9.59. The molecule has 0 spiro atoms. The lowest BCUT2D eigenvalue weighted by atomic mass is 10.0. The molecule has 0 radical (unpaired) electrons. The van der Waals surface area contributed by atoms with Crippen molar-refractivity contribution in [1.82, 2.24) is 5.32 Å². The van der Waals surface area contributed by atoms with Crippen molar-refractivity contribution in [3.05, 3.63) is 34.6 Å². The van der Waals surface area contributed by atoms with Crippen LogP contribution in [0.5, 0.6) is 0 Å². The number of carbonyl (C=O) groups is 2. The lowest BCUT2D eigenvalue weighted by molar-refractivity contribution is -0.140. The molecule has 116 valence electrons. The number of carboxylic acids is 1. The van der Waals surface area contributed by atoms with Crippen LogP contribution in [0.3, 0.4) is 0 Å². The van der Waals surface area contributed by atoms with Crippen LogP contribution >= 0.6 is 0 Å². The molecule has 1 atom stereocenters. The second kappa shape index (κ2) is 6.06. The quantitative estimate of drug-likeness (QED) is 0.509. The molecule has 0 aliphatic heterocycles. The van der Waals surface area contributed by atoms with Crippen molar-refractivity contribution in [1.29, 1.82) is 0 Å². The van der Waals surface area contributed by atoms with Crippen LogP contribution < -0.4 is 5.32 Å². The van der Waals surface area contributed by atoms with Gasteiger partial charge in [0.1, 0.15) is 11.6 Å². The Hall–Kier alpha value is -2.19. The van der Waals surface area contributed by atoms with Gasteiger partial charge >= 0.3 is 5.97 Å². The Morgan fingerprint density at radius 3 is 1.62 bits per heavy atom. The molecule has 0 bridgehead atoms. The lowest BCUT2D eigenvalue weighted by Gasteiger charge is -2.18. The molecule has 1 aromatic rings. The summed E-state index contributed by atoms with van der Waals surface area (Å²) in [5.74, 6) is -15.5. The zero-order valence-electron chi connectivity index (χ0n) is 10.8. The van der Waals surface area contributed by atoms with E-state index in [-0.39, 0.29) is 0 Å². The van der Waals surface area contributed by atoms with Crippen LogP contribution in [0.25, 0.3) is 0 Å². The number of amides is 1. The summed E-state index contributed by atoms with van der Waals surface area (Å²) in [4.78, 5) is 22.5. The Morgan fingerprint density at radius 2 is 1.29 bits per heavy atom. The maximum absolute atomic E-state index is 13.4. The van der Waals surface area contributed by atoms with Crippen molar-refractivity contribution < 1.29 is 36.6 Å². The summed E-state index contributed by atoms with van der Waals surface area (Å²) >= 11 is 0. The fourth-order valence-electron chi connectivity index (χ4n) is 1.53. The third-order valence-electron chi connectivity index (χ3n) is 2.66. The zero-order chi connectivity index (χ0) is 16.5. The van der Waals surface area contributed by atoms with Crippen molar-refractivity contribution in [2.24, 2.45) is 5.92 Å². The SMILES string of the molecule is CC(C)[C@@H](NC(=O)c1c(F)c(F)c(F)c(F)c1F)C(=O)O. The van der Waals surface area contributed by atoms with E-state index in [9.17, 15) is 31.5 Å². The fourth-order valence-corrected chi connectivity index (χ4v) is 1.53. The Kier molecular flexibility index (Phi) is 4.87. The van der Waals surface area contributed by atoms with Crippen molar-refractivity contribution in [2.75, 3.05) is 0 Å². The van der Waals surface area contributed by atoms with Gasteiger partial charge in [-0.3, -0.25) is 4.79 Å². The van der Waals surface area contributed by atoms with Gasteiger partial charge in [0, 0.05) is 0 Å². The third kappa shape index (κ3) is 3.11. The molecule has 0 heterocycles. The molecular formula is C12H10F5NO3. The van der Waals surface area contributed by atoms with Crippen molar-refractivity contribution in [2.45, 2.75) is 19.9 Å². The minimum atomic E-state index is -2.40. The van der Waals surface area contributed by atoms with Crippen molar-refractivity contribution in [3.8, 4) is 0 Å². The average Bonchev–Trinajstić information content (AvgIpc) is 2.39. The highest BCUT2D eigenvalue weighted by Crippen LogP contribution is 2.23. The van der Waals surface area contributed by atoms with E-state index in [2.05, 4.69) is 0 Å². The normalized spacial score (nSPS) is 12.4. The van der Waals surface area contributed by atoms with Gasteiger partial charge in [0.15, 0.2) is 23.3 Å². The summed E-state index contributed by atoms with van der Waals surface area (Å²) in [6.45, 7) is 2.77. The molecule has 9 heteroatoms. The number of benzene rings is 1. The minimum absolute atomic E-state index is 0.673. The van der Waals surface area contributed by atoms with Crippen LogP contribution in [0.15, 0.2) is 0 Å². The Bertz CT molecular complexity index is 574. The summed E-state index contributed by atoms with van der Waals surface area (Å²) in [7, 11) is 0. The maximum atomic E-state index is 13.4. The summed E-state index contributed by atoms with van der Waals surface area (Å²) in [6.07, 6.45) is 0. The molecule has 4 nitrogen and oxygen atoms in total. The van der Waals surface area contributed by atoms with Crippen LogP contribution in [0.4, 0.5) is 22.0 Å². The van der Waals surface area contributed by atoms with Crippen molar-refractivity contribution in [3.63, 3.8) is 0 Å². The van der Waals surface area contributed by atoms with Gasteiger partial charge in [-0.05, 0) is 5.92 Å². The van der Waals surface area contributed by atoms with Gasteiger partial charge in [0.2, 0.25) is 5.82 Å². The van der Waals surface area contributed by atoms with Gasteiger partial charge in [0.05, 0.1) is 0 Å². The van der Waals surface area contributed by atoms with Crippen LogP contribution in [0, 0.1) is 35.0 Å². The van der Waals surface area contributed by atoms with Gasteiger partial charge in [-0.1, -0.05) is 13.8 Å². The monoisotopic (exact) mass is 311 g/mol. The Morgan fingerprint density at radius 1 is 0.905 bits per heavy atom. The second-order valence-corrected chi connectivity index (χ2v) is 4.48. The van der Waals surface area contributed by atoms with E-state index < -0.39 is 58.5 Å². The first kappa shape index (κ1) is 16.9. The first-order valence-electron chi connectivity index (χ1n) is 5.64. The Labute approximate surface area is 115 Å². The molecule has 0 aliphatic carbocycles. The zero-order valence-corrected chi connectivity index (χ0v) is 10.8. The molecule has 0 aliphatic rings. The largest absolute Gasteiger partial charge is 0.480 e. The predicted molar refractivity (Wildman–Crippen MR) is 60.0 cm³/mol. The summed E-state index contributed by atoms with van der Waals surface area (Å²) in [6, 6.07) is -1.55. The van der Waals surface area contributed by atoms with Crippen LogP contribution in [0.2, 0.25) is 0 Å².